The van der Waals surface area contributed by atoms with Gasteiger partial charge in [-0.05, 0) is 12.1 Å². The van der Waals surface area contributed by atoms with E-state index in [0.29, 0.717) is 11.2 Å². The molecule has 0 aliphatic rings. The minimum absolute atomic E-state index is 0.0951. The fourth-order valence-corrected chi connectivity index (χ4v) is 2.11. The van der Waals surface area contributed by atoms with E-state index in [9.17, 15) is 9.59 Å². The number of fused-ring (bicyclic) bond motifs is 1. The van der Waals surface area contributed by atoms with Crippen molar-refractivity contribution in [3.05, 3.63) is 63.4 Å². The minimum atomic E-state index is -0.354. The molecule has 0 aliphatic heterocycles. The summed E-state index contributed by atoms with van der Waals surface area (Å²) in [6.07, 6.45) is 4.49. The number of Topliss-reactive ketones (excluding diaryl/α,β-unsaturated/α-hetero) is 1. The predicted octanol–water partition coefficient (Wildman–Crippen LogP) is 1.54. The largest absolute Gasteiger partial charge is 0.350 e. The number of ketones is 1. The molecule has 2 heterocycles. The van der Waals surface area contributed by atoms with Gasteiger partial charge >= 0.3 is 5.69 Å². The van der Waals surface area contributed by atoms with Crippen LogP contribution in [0.4, 0.5) is 0 Å². The fraction of sp³-hybridized carbons (Fsp3) is 0.0769. The van der Waals surface area contributed by atoms with Crippen molar-refractivity contribution in [3.63, 3.8) is 0 Å². The first kappa shape index (κ1) is 12.7. The maximum Gasteiger partial charge on any atom is 0.350 e. The quantitative estimate of drug-likeness (QED) is 0.682. The van der Waals surface area contributed by atoms with Crippen LogP contribution in [0.1, 0.15) is 10.4 Å². The van der Waals surface area contributed by atoms with Crippen molar-refractivity contribution in [2.45, 2.75) is 6.54 Å². The molecular weight excluding hydrogens is 324 g/mol. The molecule has 7 heteroatoms. The van der Waals surface area contributed by atoms with Gasteiger partial charge in [0.1, 0.15) is 6.54 Å². The molecule has 2 aromatic heterocycles. The molecule has 0 bridgehead atoms. The van der Waals surface area contributed by atoms with Gasteiger partial charge in [0.05, 0.1) is 6.20 Å². The molecule has 0 fully saturated rings. The van der Waals surface area contributed by atoms with Gasteiger partial charge in [0.2, 0.25) is 0 Å². The lowest BCUT2D eigenvalue weighted by atomic mass is 10.1. The molecule has 0 aliphatic carbocycles. The van der Waals surface area contributed by atoms with Crippen LogP contribution in [0.25, 0.3) is 5.65 Å². The average molecular weight is 333 g/mol. The van der Waals surface area contributed by atoms with Crippen molar-refractivity contribution in [1.29, 1.82) is 0 Å². The molecule has 0 N–H and O–H groups in total. The Kier molecular flexibility index (Phi) is 3.19. The third-order valence-corrected chi connectivity index (χ3v) is 3.38. The van der Waals surface area contributed by atoms with E-state index in [-0.39, 0.29) is 18.0 Å². The van der Waals surface area contributed by atoms with Crippen LogP contribution in [0, 0.1) is 0 Å². The molecular formula is C13H9BrN4O2. The summed E-state index contributed by atoms with van der Waals surface area (Å²) in [5.74, 6) is -0.170. The molecule has 100 valence electrons. The Morgan fingerprint density at radius 1 is 1.25 bits per heavy atom. The standard InChI is InChI=1S/C13H9BrN4O2/c14-10-3-1-9(2-4-10)11(19)8-18-13(20)17-6-5-15-7-12(17)16-18/h1-7H,8H2. The van der Waals surface area contributed by atoms with Gasteiger partial charge in [0, 0.05) is 22.4 Å². The van der Waals surface area contributed by atoms with Crippen molar-refractivity contribution in [2.75, 3.05) is 0 Å². The fourth-order valence-electron chi connectivity index (χ4n) is 1.85. The number of benzene rings is 1. The second kappa shape index (κ2) is 5.01. The molecule has 1 aromatic carbocycles. The number of hydrogen-bond acceptors (Lipinski definition) is 4. The molecule has 0 amide bonds. The first-order valence-corrected chi connectivity index (χ1v) is 6.62. The Hall–Kier alpha value is -2.28. The summed E-state index contributed by atoms with van der Waals surface area (Å²) in [4.78, 5) is 28.0. The summed E-state index contributed by atoms with van der Waals surface area (Å²) in [6, 6.07) is 6.97. The number of nitrogens with zero attached hydrogens (tertiary/aromatic N) is 4. The van der Waals surface area contributed by atoms with Gasteiger partial charge in [-0.2, -0.15) is 0 Å². The zero-order valence-electron chi connectivity index (χ0n) is 10.2. The van der Waals surface area contributed by atoms with Crippen LogP contribution in [0.15, 0.2) is 52.1 Å². The molecule has 0 radical (unpaired) electrons. The third kappa shape index (κ3) is 2.27. The van der Waals surface area contributed by atoms with Crippen molar-refractivity contribution >= 4 is 27.4 Å². The van der Waals surface area contributed by atoms with Gasteiger partial charge in [-0.15, -0.1) is 5.10 Å². The van der Waals surface area contributed by atoms with Crippen molar-refractivity contribution in [2.24, 2.45) is 0 Å². The molecule has 0 unspecified atom stereocenters. The van der Waals surface area contributed by atoms with Gasteiger partial charge in [-0.25, -0.2) is 13.9 Å². The summed E-state index contributed by atoms with van der Waals surface area (Å²) >= 11 is 3.31. The highest BCUT2D eigenvalue weighted by atomic mass is 79.9. The van der Waals surface area contributed by atoms with Gasteiger partial charge in [-0.3, -0.25) is 9.78 Å². The highest BCUT2D eigenvalue weighted by Crippen LogP contribution is 2.11. The highest BCUT2D eigenvalue weighted by molar-refractivity contribution is 9.10. The Balaban J connectivity index is 1.93. The van der Waals surface area contributed by atoms with Gasteiger partial charge in [0.15, 0.2) is 11.4 Å². The molecule has 3 rings (SSSR count). The summed E-state index contributed by atoms with van der Waals surface area (Å²) in [7, 11) is 0. The Bertz CT molecular complexity index is 835. The van der Waals surface area contributed by atoms with Crippen LogP contribution >= 0.6 is 15.9 Å². The predicted molar refractivity (Wildman–Crippen MR) is 75.7 cm³/mol. The summed E-state index contributed by atoms with van der Waals surface area (Å²) in [5.41, 5.74) is 0.601. The Morgan fingerprint density at radius 3 is 2.70 bits per heavy atom. The monoisotopic (exact) mass is 332 g/mol. The lowest BCUT2D eigenvalue weighted by molar-refractivity contribution is 0.0966. The van der Waals surface area contributed by atoms with Gasteiger partial charge < -0.3 is 0 Å². The van der Waals surface area contributed by atoms with Crippen LogP contribution in [0.2, 0.25) is 0 Å². The van der Waals surface area contributed by atoms with Crippen molar-refractivity contribution in [3.8, 4) is 0 Å². The Labute approximate surface area is 121 Å². The second-order valence-corrected chi connectivity index (χ2v) is 5.09. The first-order chi connectivity index (χ1) is 9.65. The SMILES string of the molecule is O=C(Cn1nc2cnccn2c1=O)c1ccc(Br)cc1. The molecule has 20 heavy (non-hydrogen) atoms. The van der Waals surface area contributed by atoms with Crippen LogP contribution in [-0.2, 0) is 6.54 Å². The van der Waals surface area contributed by atoms with Gasteiger partial charge in [0.25, 0.3) is 0 Å². The highest BCUT2D eigenvalue weighted by Gasteiger charge is 2.12. The molecule has 0 saturated heterocycles. The number of halogens is 1. The van der Waals surface area contributed by atoms with Crippen LogP contribution in [-0.4, -0.2) is 24.9 Å². The third-order valence-electron chi connectivity index (χ3n) is 2.85. The topological polar surface area (TPSA) is 69.3 Å². The average Bonchev–Trinajstić information content (AvgIpc) is 2.77. The Morgan fingerprint density at radius 2 is 2.00 bits per heavy atom. The number of carbonyl (C=O) groups is 1. The van der Waals surface area contributed by atoms with Crippen LogP contribution < -0.4 is 5.69 Å². The maximum atomic E-state index is 12.1. The van der Waals surface area contributed by atoms with E-state index in [2.05, 4.69) is 26.0 Å². The smallest absolute Gasteiger partial charge is 0.292 e. The van der Waals surface area contributed by atoms with E-state index in [1.807, 2.05) is 0 Å². The lowest BCUT2D eigenvalue weighted by Crippen LogP contribution is -2.25. The number of aromatic nitrogens is 4. The van der Waals surface area contributed by atoms with E-state index < -0.39 is 0 Å². The summed E-state index contributed by atoms with van der Waals surface area (Å²) in [5, 5.41) is 4.07. The summed E-state index contributed by atoms with van der Waals surface area (Å²) in [6.45, 7) is -0.0951. The second-order valence-electron chi connectivity index (χ2n) is 4.17. The van der Waals surface area contributed by atoms with Crippen molar-refractivity contribution in [1.82, 2.24) is 19.2 Å². The maximum absolute atomic E-state index is 12.1. The normalized spacial score (nSPS) is 10.8. The molecule has 6 nitrogen and oxygen atoms in total. The molecule has 0 saturated carbocycles. The van der Waals surface area contributed by atoms with Crippen LogP contribution in [0.5, 0.6) is 0 Å². The zero-order chi connectivity index (χ0) is 14.1. The minimum Gasteiger partial charge on any atom is -0.292 e. The van der Waals surface area contributed by atoms with E-state index in [1.165, 1.54) is 23.0 Å². The number of carbonyl (C=O) groups excluding carboxylic acids is 1. The van der Waals surface area contributed by atoms with E-state index in [1.54, 1.807) is 24.3 Å². The first-order valence-electron chi connectivity index (χ1n) is 5.83. The van der Waals surface area contributed by atoms with E-state index in [0.717, 1.165) is 9.15 Å². The number of hydrogen-bond donors (Lipinski definition) is 0. The zero-order valence-corrected chi connectivity index (χ0v) is 11.8. The van der Waals surface area contributed by atoms with E-state index >= 15 is 0 Å². The van der Waals surface area contributed by atoms with Gasteiger partial charge in [-0.1, -0.05) is 28.1 Å². The van der Waals surface area contributed by atoms with Crippen molar-refractivity contribution < 1.29 is 4.79 Å². The van der Waals surface area contributed by atoms with E-state index in [4.69, 9.17) is 0 Å². The molecule has 0 spiro atoms. The molecule has 0 atom stereocenters. The summed E-state index contributed by atoms with van der Waals surface area (Å²) < 4.78 is 3.38. The van der Waals surface area contributed by atoms with Crippen LogP contribution in [0.3, 0.4) is 0 Å². The lowest BCUT2D eigenvalue weighted by Gasteiger charge is -2.00. The number of rotatable bonds is 3. The molecule has 3 aromatic rings.